The fraction of sp³-hybridized carbons (Fsp3) is 0.409. The van der Waals surface area contributed by atoms with E-state index < -0.39 is 5.41 Å². The molecule has 28 heavy (non-hydrogen) atoms. The van der Waals surface area contributed by atoms with E-state index in [1.807, 2.05) is 40.1 Å². The molecule has 2 amide bonds. The molecular weight excluding hydrogens is 370 g/mol. The number of amides is 2. The Kier molecular flexibility index (Phi) is 5.15. The standard InChI is InChI=1S/C22H25N3O2S/c1-16(2)25-19-6-4-3-5-18(19)22(21(25)27)9-13-24(14-10-22)20(26)15-28-17-7-11-23-12-8-17/h3-8,11-12,16H,9-10,13-15H2,1-2H3. The molecule has 1 aromatic heterocycles. The van der Waals surface area contributed by atoms with Crippen LogP contribution in [0, 0.1) is 0 Å². The van der Waals surface area contributed by atoms with Crippen molar-refractivity contribution in [2.75, 3.05) is 23.7 Å². The lowest BCUT2D eigenvalue weighted by Gasteiger charge is -2.39. The molecule has 2 aliphatic rings. The minimum absolute atomic E-state index is 0.129. The quantitative estimate of drug-likeness (QED) is 0.744. The Labute approximate surface area is 170 Å². The lowest BCUT2D eigenvalue weighted by molar-refractivity contribution is -0.133. The number of hydrogen-bond donors (Lipinski definition) is 0. The van der Waals surface area contributed by atoms with Crippen molar-refractivity contribution < 1.29 is 9.59 Å². The van der Waals surface area contributed by atoms with Crippen LogP contribution < -0.4 is 4.90 Å². The summed E-state index contributed by atoms with van der Waals surface area (Å²) in [4.78, 5) is 34.9. The molecule has 3 heterocycles. The summed E-state index contributed by atoms with van der Waals surface area (Å²) < 4.78 is 0. The van der Waals surface area contributed by atoms with Gasteiger partial charge in [0.1, 0.15) is 0 Å². The van der Waals surface area contributed by atoms with Crippen LogP contribution in [0.5, 0.6) is 0 Å². The average molecular weight is 396 g/mol. The van der Waals surface area contributed by atoms with Crippen LogP contribution in [0.1, 0.15) is 32.3 Å². The zero-order valence-corrected chi connectivity index (χ0v) is 17.1. The summed E-state index contributed by atoms with van der Waals surface area (Å²) in [6.45, 7) is 5.37. The van der Waals surface area contributed by atoms with Gasteiger partial charge in [0.15, 0.2) is 0 Å². The number of anilines is 1. The minimum Gasteiger partial charge on any atom is -0.342 e. The molecule has 0 atom stereocenters. The molecule has 2 aromatic rings. The Morgan fingerprint density at radius 3 is 2.50 bits per heavy atom. The molecule has 4 rings (SSSR count). The van der Waals surface area contributed by atoms with Gasteiger partial charge in [-0.2, -0.15) is 0 Å². The van der Waals surface area contributed by atoms with E-state index in [0.29, 0.717) is 31.7 Å². The van der Waals surface area contributed by atoms with Gasteiger partial charge >= 0.3 is 0 Å². The van der Waals surface area contributed by atoms with Crippen LogP contribution in [0.3, 0.4) is 0 Å². The van der Waals surface area contributed by atoms with Crippen molar-refractivity contribution in [3.8, 4) is 0 Å². The first-order valence-corrected chi connectivity index (χ1v) is 10.8. The van der Waals surface area contributed by atoms with E-state index in [1.165, 1.54) is 11.8 Å². The summed E-state index contributed by atoms with van der Waals surface area (Å²) in [5, 5.41) is 0. The minimum atomic E-state index is -0.476. The number of rotatable bonds is 4. The maximum Gasteiger partial charge on any atom is 0.238 e. The van der Waals surface area contributed by atoms with Crippen LogP contribution in [0.4, 0.5) is 5.69 Å². The summed E-state index contributed by atoms with van der Waals surface area (Å²) >= 11 is 1.53. The predicted octanol–water partition coefficient (Wildman–Crippen LogP) is 3.49. The maximum absolute atomic E-state index is 13.4. The molecule has 6 heteroatoms. The zero-order valence-electron chi connectivity index (χ0n) is 16.3. The number of pyridine rings is 1. The lowest BCUT2D eigenvalue weighted by atomic mass is 9.73. The highest BCUT2D eigenvalue weighted by atomic mass is 32.2. The van der Waals surface area contributed by atoms with Gasteiger partial charge in [0.25, 0.3) is 0 Å². The fourth-order valence-electron chi connectivity index (χ4n) is 4.35. The van der Waals surface area contributed by atoms with Gasteiger partial charge in [-0.3, -0.25) is 14.6 Å². The highest BCUT2D eigenvalue weighted by Crippen LogP contribution is 2.48. The van der Waals surface area contributed by atoms with Gasteiger partial charge in [0, 0.05) is 42.1 Å². The van der Waals surface area contributed by atoms with E-state index in [2.05, 4.69) is 24.9 Å². The number of fused-ring (bicyclic) bond motifs is 2. The second kappa shape index (κ2) is 7.59. The summed E-state index contributed by atoms with van der Waals surface area (Å²) in [7, 11) is 0. The maximum atomic E-state index is 13.4. The molecule has 1 aromatic carbocycles. The van der Waals surface area contributed by atoms with Crippen LogP contribution in [-0.4, -0.2) is 46.6 Å². The van der Waals surface area contributed by atoms with Crippen LogP contribution in [0.15, 0.2) is 53.7 Å². The van der Waals surface area contributed by atoms with Crippen molar-refractivity contribution in [1.29, 1.82) is 0 Å². The second-order valence-electron chi connectivity index (χ2n) is 7.72. The Balaban J connectivity index is 1.46. The van der Waals surface area contributed by atoms with E-state index in [0.717, 1.165) is 16.1 Å². The Morgan fingerprint density at radius 1 is 1.14 bits per heavy atom. The number of carbonyl (C=O) groups excluding carboxylic acids is 2. The van der Waals surface area contributed by atoms with Crippen molar-refractivity contribution >= 4 is 29.3 Å². The highest BCUT2D eigenvalue weighted by Gasteiger charge is 2.52. The molecule has 2 aliphatic heterocycles. The molecule has 0 bridgehead atoms. The summed E-state index contributed by atoms with van der Waals surface area (Å²) in [6.07, 6.45) is 4.86. The largest absolute Gasteiger partial charge is 0.342 e. The summed E-state index contributed by atoms with van der Waals surface area (Å²) in [5.41, 5.74) is 1.69. The summed E-state index contributed by atoms with van der Waals surface area (Å²) in [6, 6.07) is 12.1. The molecule has 5 nitrogen and oxygen atoms in total. The van der Waals surface area contributed by atoms with Crippen molar-refractivity contribution in [1.82, 2.24) is 9.88 Å². The Hall–Kier alpha value is -2.34. The number of benzene rings is 1. The first-order valence-electron chi connectivity index (χ1n) is 9.77. The average Bonchev–Trinajstić information content (AvgIpc) is 2.96. The first kappa shape index (κ1) is 19.0. The van der Waals surface area contributed by atoms with Gasteiger partial charge in [-0.05, 0) is 50.5 Å². The summed E-state index contributed by atoms with van der Waals surface area (Å²) in [5.74, 6) is 0.748. The number of thioether (sulfide) groups is 1. The molecule has 0 N–H and O–H groups in total. The molecule has 1 spiro atoms. The van der Waals surface area contributed by atoms with Crippen molar-refractivity contribution in [2.45, 2.75) is 43.0 Å². The van der Waals surface area contributed by atoms with Gasteiger partial charge in [-0.1, -0.05) is 18.2 Å². The smallest absolute Gasteiger partial charge is 0.238 e. The van der Waals surface area contributed by atoms with Gasteiger partial charge < -0.3 is 9.80 Å². The highest BCUT2D eigenvalue weighted by molar-refractivity contribution is 8.00. The number of piperidine rings is 1. The van der Waals surface area contributed by atoms with Crippen LogP contribution in [0.25, 0.3) is 0 Å². The SMILES string of the molecule is CC(C)N1C(=O)C2(CCN(C(=O)CSc3ccncc3)CC2)c2ccccc21. The monoisotopic (exact) mass is 395 g/mol. The van der Waals surface area contributed by atoms with Gasteiger partial charge in [0.05, 0.1) is 11.2 Å². The van der Waals surface area contributed by atoms with Crippen molar-refractivity contribution in [3.63, 3.8) is 0 Å². The number of nitrogens with zero attached hydrogens (tertiary/aromatic N) is 3. The van der Waals surface area contributed by atoms with Gasteiger partial charge in [-0.15, -0.1) is 11.8 Å². The molecule has 1 saturated heterocycles. The fourth-order valence-corrected chi connectivity index (χ4v) is 5.13. The van der Waals surface area contributed by atoms with Crippen LogP contribution >= 0.6 is 11.8 Å². The molecule has 0 unspecified atom stereocenters. The zero-order chi connectivity index (χ0) is 19.7. The van der Waals surface area contributed by atoms with Crippen molar-refractivity contribution in [2.24, 2.45) is 0 Å². The molecule has 0 saturated carbocycles. The number of carbonyl (C=O) groups is 2. The molecular formula is C22H25N3O2S. The number of aromatic nitrogens is 1. The normalized spacial score (nSPS) is 18.0. The second-order valence-corrected chi connectivity index (χ2v) is 8.77. The van der Waals surface area contributed by atoms with E-state index in [1.54, 1.807) is 12.4 Å². The third-order valence-corrected chi connectivity index (χ3v) is 6.80. The van der Waals surface area contributed by atoms with E-state index >= 15 is 0 Å². The van der Waals surface area contributed by atoms with E-state index in [4.69, 9.17) is 0 Å². The molecule has 0 aliphatic carbocycles. The van der Waals surface area contributed by atoms with E-state index in [-0.39, 0.29) is 17.9 Å². The molecule has 1 fully saturated rings. The molecule has 146 valence electrons. The number of likely N-dealkylation sites (tertiary alicyclic amines) is 1. The Bertz CT molecular complexity index is 876. The Morgan fingerprint density at radius 2 is 1.82 bits per heavy atom. The van der Waals surface area contributed by atoms with Crippen LogP contribution in [-0.2, 0) is 15.0 Å². The topological polar surface area (TPSA) is 53.5 Å². The lowest BCUT2D eigenvalue weighted by Crippen LogP contribution is -2.51. The third kappa shape index (κ3) is 3.20. The van der Waals surface area contributed by atoms with Crippen molar-refractivity contribution in [3.05, 3.63) is 54.4 Å². The van der Waals surface area contributed by atoms with Crippen LogP contribution in [0.2, 0.25) is 0 Å². The number of hydrogen-bond acceptors (Lipinski definition) is 4. The predicted molar refractivity (Wildman–Crippen MR) is 112 cm³/mol. The first-order chi connectivity index (χ1) is 13.5. The van der Waals surface area contributed by atoms with Gasteiger partial charge in [0.2, 0.25) is 11.8 Å². The third-order valence-electron chi connectivity index (χ3n) is 5.81. The number of para-hydroxylation sites is 1. The molecule has 0 radical (unpaired) electrons. The van der Waals surface area contributed by atoms with Gasteiger partial charge in [-0.25, -0.2) is 0 Å². The van der Waals surface area contributed by atoms with E-state index in [9.17, 15) is 9.59 Å².